The zero-order chi connectivity index (χ0) is 24.1. The van der Waals surface area contributed by atoms with Crippen molar-refractivity contribution in [2.24, 2.45) is 0 Å². The zero-order valence-electron chi connectivity index (χ0n) is 18.8. The highest BCUT2D eigenvalue weighted by Gasteiger charge is 2.15. The molecule has 0 fully saturated rings. The van der Waals surface area contributed by atoms with Gasteiger partial charge in [0.25, 0.3) is 0 Å². The van der Waals surface area contributed by atoms with Crippen LogP contribution in [-0.2, 0) is 16.6 Å². The predicted molar refractivity (Wildman–Crippen MR) is 126 cm³/mol. The van der Waals surface area contributed by atoms with E-state index in [9.17, 15) is 8.42 Å². The topological polar surface area (TPSA) is 109 Å². The van der Waals surface area contributed by atoms with Crippen LogP contribution in [0.25, 0.3) is 10.9 Å². The summed E-state index contributed by atoms with van der Waals surface area (Å²) in [6, 6.07) is 16.8. The molecule has 4 aromatic rings. The lowest BCUT2D eigenvalue weighted by atomic mass is 10.2. The highest BCUT2D eigenvalue weighted by atomic mass is 32.2. The number of nitrogens with one attached hydrogen (secondary N) is 1. The number of aromatic nitrogens is 2. The number of ether oxygens (including phenoxy) is 4. The second kappa shape index (κ2) is 9.94. The van der Waals surface area contributed by atoms with Gasteiger partial charge in [0.15, 0.2) is 11.5 Å². The van der Waals surface area contributed by atoms with Crippen LogP contribution in [0.1, 0.15) is 5.56 Å². The molecule has 4 rings (SSSR count). The fourth-order valence-corrected chi connectivity index (χ4v) is 4.31. The smallest absolute Gasteiger partial charge is 0.241 e. The molecule has 1 heterocycles. The molecule has 0 atom stereocenters. The van der Waals surface area contributed by atoms with Gasteiger partial charge in [-0.3, -0.25) is 0 Å². The Balaban J connectivity index is 1.48. The van der Waals surface area contributed by atoms with Gasteiger partial charge in [0.1, 0.15) is 17.8 Å². The third-order valence-corrected chi connectivity index (χ3v) is 6.46. The molecule has 176 valence electrons. The van der Waals surface area contributed by atoms with Crippen LogP contribution in [0.3, 0.4) is 0 Å². The van der Waals surface area contributed by atoms with E-state index in [0.717, 1.165) is 5.56 Å². The van der Waals surface area contributed by atoms with E-state index in [1.165, 1.54) is 25.6 Å². The Labute approximate surface area is 197 Å². The van der Waals surface area contributed by atoms with Gasteiger partial charge in [-0.2, -0.15) is 0 Å². The SMILES string of the molecule is COc1cccc(S(=O)(=O)NCc2ccc(Oc3ncnc4cc(OC)c(OC)cc34)cc2)c1. The number of fused-ring (bicyclic) bond motifs is 1. The van der Waals surface area contributed by atoms with E-state index in [1.54, 1.807) is 62.8 Å². The van der Waals surface area contributed by atoms with E-state index in [0.29, 0.717) is 39.8 Å². The number of methoxy groups -OCH3 is 3. The van der Waals surface area contributed by atoms with Crippen molar-refractivity contribution in [3.63, 3.8) is 0 Å². The van der Waals surface area contributed by atoms with Crippen molar-refractivity contribution >= 4 is 20.9 Å². The zero-order valence-corrected chi connectivity index (χ0v) is 19.6. The second-order valence-electron chi connectivity index (χ2n) is 7.15. The van der Waals surface area contributed by atoms with Crippen LogP contribution in [0.2, 0.25) is 0 Å². The monoisotopic (exact) mass is 481 g/mol. The molecule has 0 spiro atoms. The fourth-order valence-electron chi connectivity index (χ4n) is 3.26. The van der Waals surface area contributed by atoms with Crippen LogP contribution in [0.4, 0.5) is 0 Å². The summed E-state index contributed by atoms with van der Waals surface area (Å²) < 4.78 is 49.5. The number of hydrogen-bond donors (Lipinski definition) is 1. The van der Waals surface area contributed by atoms with Gasteiger partial charge in [-0.15, -0.1) is 0 Å². The standard InChI is InChI=1S/C24H23N3O6S/c1-30-18-5-4-6-19(11-18)34(28,29)27-14-16-7-9-17(10-8-16)33-24-20-12-22(31-2)23(32-3)13-21(20)25-15-26-24/h4-13,15,27H,14H2,1-3H3. The molecule has 0 saturated heterocycles. The maximum absolute atomic E-state index is 12.6. The van der Waals surface area contributed by atoms with Gasteiger partial charge in [-0.25, -0.2) is 23.1 Å². The molecular weight excluding hydrogens is 458 g/mol. The van der Waals surface area contributed by atoms with Crippen molar-refractivity contribution in [2.75, 3.05) is 21.3 Å². The van der Waals surface area contributed by atoms with Crippen LogP contribution < -0.4 is 23.7 Å². The van der Waals surface area contributed by atoms with Crippen molar-refractivity contribution in [1.82, 2.24) is 14.7 Å². The maximum atomic E-state index is 12.6. The van der Waals surface area contributed by atoms with E-state index in [-0.39, 0.29) is 11.4 Å². The van der Waals surface area contributed by atoms with Gasteiger partial charge >= 0.3 is 0 Å². The van der Waals surface area contributed by atoms with Gasteiger partial charge in [0.2, 0.25) is 15.9 Å². The molecule has 0 aliphatic rings. The minimum Gasteiger partial charge on any atom is -0.497 e. The van der Waals surface area contributed by atoms with Gasteiger partial charge in [-0.05, 0) is 35.9 Å². The molecule has 0 aliphatic heterocycles. The lowest BCUT2D eigenvalue weighted by Gasteiger charge is -2.12. The molecular formula is C24H23N3O6S. The highest BCUT2D eigenvalue weighted by molar-refractivity contribution is 7.89. The van der Waals surface area contributed by atoms with Crippen molar-refractivity contribution in [3.8, 4) is 28.9 Å². The lowest BCUT2D eigenvalue weighted by Crippen LogP contribution is -2.23. The minimum absolute atomic E-state index is 0.118. The lowest BCUT2D eigenvalue weighted by molar-refractivity contribution is 0.355. The summed E-state index contributed by atoms with van der Waals surface area (Å²) in [4.78, 5) is 8.64. The Morgan fingerprint density at radius 2 is 1.56 bits per heavy atom. The molecule has 0 saturated carbocycles. The highest BCUT2D eigenvalue weighted by Crippen LogP contribution is 2.35. The van der Waals surface area contributed by atoms with E-state index in [4.69, 9.17) is 18.9 Å². The number of hydrogen-bond acceptors (Lipinski definition) is 8. The van der Waals surface area contributed by atoms with Crippen LogP contribution in [-0.4, -0.2) is 39.7 Å². The second-order valence-corrected chi connectivity index (χ2v) is 8.92. The molecule has 34 heavy (non-hydrogen) atoms. The van der Waals surface area contributed by atoms with Crippen molar-refractivity contribution in [2.45, 2.75) is 11.4 Å². The van der Waals surface area contributed by atoms with E-state index >= 15 is 0 Å². The fraction of sp³-hybridized carbons (Fsp3) is 0.167. The first-order valence-corrected chi connectivity index (χ1v) is 11.7. The van der Waals surface area contributed by atoms with E-state index in [1.807, 2.05) is 0 Å². The van der Waals surface area contributed by atoms with Crippen molar-refractivity contribution in [1.29, 1.82) is 0 Å². The average molecular weight is 482 g/mol. The minimum atomic E-state index is -3.69. The molecule has 1 N–H and O–H groups in total. The normalized spacial score (nSPS) is 11.3. The Kier molecular flexibility index (Phi) is 6.80. The molecule has 0 unspecified atom stereocenters. The third kappa shape index (κ3) is 5.03. The number of sulfonamides is 1. The molecule has 0 radical (unpaired) electrons. The Bertz CT molecular complexity index is 1410. The summed E-state index contributed by atoms with van der Waals surface area (Å²) in [5, 5.41) is 0.662. The summed E-state index contributed by atoms with van der Waals surface area (Å²) in [5.41, 5.74) is 1.41. The maximum Gasteiger partial charge on any atom is 0.241 e. The number of rotatable bonds is 9. The average Bonchev–Trinajstić information content (AvgIpc) is 2.87. The summed E-state index contributed by atoms with van der Waals surface area (Å²) in [6.07, 6.45) is 1.41. The Morgan fingerprint density at radius 1 is 0.824 bits per heavy atom. The van der Waals surface area contributed by atoms with Gasteiger partial charge < -0.3 is 18.9 Å². The first kappa shape index (κ1) is 23.3. The predicted octanol–water partition coefficient (Wildman–Crippen LogP) is 3.93. The Morgan fingerprint density at radius 3 is 2.26 bits per heavy atom. The summed E-state index contributed by atoms with van der Waals surface area (Å²) in [5.74, 6) is 2.46. The van der Waals surface area contributed by atoms with Crippen molar-refractivity contribution < 1.29 is 27.4 Å². The summed E-state index contributed by atoms with van der Waals surface area (Å²) >= 11 is 0. The summed E-state index contributed by atoms with van der Waals surface area (Å²) in [7, 11) is 0.907. The molecule has 0 amide bonds. The number of benzene rings is 3. The molecule has 9 nitrogen and oxygen atoms in total. The largest absolute Gasteiger partial charge is 0.497 e. The molecule has 1 aromatic heterocycles. The van der Waals surface area contributed by atoms with Gasteiger partial charge in [0, 0.05) is 18.7 Å². The number of nitrogens with zero attached hydrogens (tertiary/aromatic N) is 2. The van der Waals surface area contributed by atoms with E-state index < -0.39 is 10.0 Å². The summed E-state index contributed by atoms with van der Waals surface area (Å²) in [6.45, 7) is 0.118. The molecule has 3 aromatic carbocycles. The van der Waals surface area contributed by atoms with Crippen molar-refractivity contribution in [3.05, 3.63) is 72.6 Å². The first-order valence-electron chi connectivity index (χ1n) is 10.2. The Hall–Kier alpha value is -3.89. The third-order valence-electron chi connectivity index (χ3n) is 5.06. The first-order chi connectivity index (χ1) is 16.4. The van der Waals surface area contributed by atoms with E-state index in [2.05, 4.69) is 14.7 Å². The van der Waals surface area contributed by atoms with Crippen LogP contribution in [0.15, 0.2) is 71.9 Å². The molecule has 10 heteroatoms. The van der Waals surface area contributed by atoms with Gasteiger partial charge in [0.05, 0.1) is 37.1 Å². The van der Waals surface area contributed by atoms with Gasteiger partial charge in [-0.1, -0.05) is 18.2 Å². The quantitative estimate of drug-likeness (QED) is 0.383. The molecule has 0 bridgehead atoms. The van der Waals surface area contributed by atoms with Crippen LogP contribution >= 0.6 is 0 Å². The molecule has 0 aliphatic carbocycles. The van der Waals surface area contributed by atoms with Crippen LogP contribution in [0, 0.1) is 0 Å². The van der Waals surface area contributed by atoms with Crippen LogP contribution in [0.5, 0.6) is 28.9 Å².